The highest BCUT2D eigenvalue weighted by atomic mass is 19.4. The number of benzene rings is 3. The predicted octanol–water partition coefficient (Wildman–Crippen LogP) is 3.76. The molecule has 20 nitrogen and oxygen atoms in total. The number of aromatic nitrogens is 2. The Kier molecular flexibility index (Phi) is 15.4. The standard InChI is InChI=1S/C46H49F3N12O8/c1-3-36(62)54-27-8-6-9-28(22-27)55-41-31(46(47,48)49)24-53-45(58-41)56-32-13-12-29(23-35(32)69-2)60-20-18-59(19-21-60)26-39(65)51-17-5-4-16-50-38(64)25-52-33-11-7-10-30-40(33)44(68)61(43(30)67)34-14-15-37(63)57-42(34)66/h3,6-13,22-24,34,52H,1,4-5,14-21,25-26H2,2H3,(H,50,64)(H,51,65)(H,54,62)(H,57,63,66)(H2,53,55,56,58). The van der Waals surface area contributed by atoms with Gasteiger partial charge in [-0.1, -0.05) is 18.7 Å². The van der Waals surface area contributed by atoms with Crippen LogP contribution in [0.4, 0.5) is 53.4 Å². The lowest BCUT2D eigenvalue weighted by molar-refractivity contribution is -0.138. The summed E-state index contributed by atoms with van der Waals surface area (Å²) >= 11 is 0. The second kappa shape index (κ2) is 21.7. The molecule has 3 aromatic carbocycles. The van der Waals surface area contributed by atoms with E-state index in [2.05, 4.69) is 58.7 Å². The summed E-state index contributed by atoms with van der Waals surface area (Å²) in [6.45, 7) is 6.57. The molecule has 2 saturated heterocycles. The van der Waals surface area contributed by atoms with E-state index in [1.807, 2.05) is 11.0 Å². The van der Waals surface area contributed by atoms with Crippen LogP contribution in [0.25, 0.3) is 0 Å². The number of rotatable bonds is 19. The van der Waals surface area contributed by atoms with Crippen LogP contribution in [0.15, 0.2) is 79.5 Å². The first-order chi connectivity index (χ1) is 33.1. The molecule has 1 aromatic heterocycles. The highest BCUT2D eigenvalue weighted by molar-refractivity contribution is 6.25. The highest BCUT2D eigenvalue weighted by Gasteiger charge is 2.45. The zero-order valence-electron chi connectivity index (χ0n) is 37.3. The van der Waals surface area contributed by atoms with Gasteiger partial charge in [-0.2, -0.15) is 18.2 Å². The van der Waals surface area contributed by atoms with Crippen molar-refractivity contribution in [3.63, 3.8) is 0 Å². The first kappa shape index (κ1) is 48.8. The number of fused-ring (bicyclic) bond motifs is 1. The van der Waals surface area contributed by atoms with E-state index in [1.165, 1.54) is 25.3 Å². The third-order valence-corrected chi connectivity index (χ3v) is 11.4. The van der Waals surface area contributed by atoms with E-state index < -0.39 is 53.1 Å². The number of ether oxygens (including phenoxy) is 1. The van der Waals surface area contributed by atoms with Crippen LogP contribution in [0.2, 0.25) is 0 Å². The average molecular weight is 955 g/mol. The molecule has 7 amide bonds. The lowest BCUT2D eigenvalue weighted by atomic mass is 10.0. The number of hydrogen-bond acceptors (Lipinski definition) is 15. The van der Waals surface area contributed by atoms with Crippen molar-refractivity contribution in [2.75, 3.05) is 85.6 Å². The topological polar surface area (TPSA) is 248 Å². The molecule has 4 heterocycles. The summed E-state index contributed by atoms with van der Waals surface area (Å²) in [4.78, 5) is 101. The molecule has 0 aliphatic carbocycles. The summed E-state index contributed by atoms with van der Waals surface area (Å²) < 4.78 is 47.6. The largest absolute Gasteiger partial charge is 0.494 e. The molecule has 7 N–H and O–H groups in total. The maximum absolute atomic E-state index is 14.0. The van der Waals surface area contributed by atoms with E-state index in [0.29, 0.717) is 75.4 Å². The number of nitrogens with one attached hydrogen (secondary N) is 7. The Morgan fingerprint density at radius 3 is 2.32 bits per heavy atom. The number of nitrogens with zero attached hydrogens (tertiary/aromatic N) is 5. The highest BCUT2D eigenvalue weighted by Crippen LogP contribution is 2.37. The fourth-order valence-electron chi connectivity index (χ4n) is 7.88. The van der Waals surface area contributed by atoms with Crippen molar-refractivity contribution in [3.8, 4) is 5.75 Å². The number of piperazine rings is 1. The van der Waals surface area contributed by atoms with Gasteiger partial charge >= 0.3 is 6.18 Å². The summed E-state index contributed by atoms with van der Waals surface area (Å²) in [7, 11) is 1.46. The van der Waals surface area contributed by atoms with E-state index in [4.69, 9.17) is 4.74 Å². The van der Waals surface area contributed by atoms with Crippen molar-refractivity contribution in [1.82, 2.24) is 35.7 Å². The molecule has 0 saturated carbocycles. The molecule has 362 valence electrons. The van der Waals surface area contributed by atoms with Gasteiger partial charge in [-0.05, 0) is 67.8 Å². The first-order valence-electron chi connectivity index (χ1n) is 21.9. The van der Waals surface area contributed by atoms with Gasteiger partial charge in [-0.25, -0.2) is 4.98 Å². The van der Waals surface area contributed by atoms with E-state index in [9.17, 15) is 46.7 Å². The number of carbonyl (C=O) groups excluding carboxylic acids is 7. The van der Waals surface area contributed by atoms with Crippen molar-refractivity contribution in [1.29, 1.82) is 0 Å². The number of unbranched alkanes of at least 4 members (excludes halogenated alkanes) is 1. The lowest BCUT2D eigenvalue weighted by Crippen LogP contribution is -2.54. The summed E-state index contributed by atoms with van der Waals surface area (Å²) in [5, 5.41) is 19.0. The van der Waals surface area contributed by atoms with Gasteiger partial charge in [0, 0.05) is 80.7 Å². The van der Waals surface area contributed by atoms with Crippen LogP contribution in [-0.4, -0.2) is 127 Å². The van der Waals surface area contributed by atoms with Crippen LogP contribution in [-0.2, 0) is 30.1 Å². The van der Waals surface area contributed by atoms with Crippen LogP contribution in [0.5, 0.6) is 5.75 Å². The van der Waals surface area contributed by atoms with Gasteiger partial charge in [-0.3, -0.25) is 48.7 Å². The van der Waals surface area contributed by atoms with Gasteiger partial charge < -0.3 is 41.5 Å². The molecule has 4 aromatic rings. The molecule has 0 spiro atoms. The van der Waals surface area contributed by atoms with Crippen LogP contribution in [0, 0.1) is 0 Å². The minimum absolute atomic E-state index is 0.000488. The third kappa shape index (κ3) is 12.1. The Balaban J connectivity index is 0.816. The van der Waals surface area contributed by atoms with Crippen LogP contribution in [0.3, 0.4) is 0 Å². The second-order valence-electron chi connectivity index (χ2n) is 16.1. The number of halogens is 3. The quantitative estimate of drug-likeness (QED) is 0.0402. The van der Waals surface area contributed by atoms with E-state index in [-0.39, 0.29) is 66.2 Å². The fraction of sp³-hybridized carbons (Fsp3) is 0.326. The zero-order valence-corrected chi connectivity index (χ0v) is 37.3. The van der Waals surface area contributed by atoms with Crippen molar-refractivity contribution < 1.29 is 51.5 Å². The monoisotopic (exact) mass is 954 g/mol. The molecular formula is C46H49F3N12O8. The Morgan fingerprint density at radius 2 is 1.61 bits per heavy atom. The lowest BCUT2D eigenvalue weighted by Gasteiger charge is -2.36. The molecule has 1 unspecified atom stereocenters. The van der Waals surface area contributed by atoms with E-state index in [0.717, 1.165) is 16.7 Å². The summed E-state index contributed by atoms with van der Waals surface area (Å²) in [5.41, 5.74) is 1.13. The van der Waals surface area contributed by atoms with Crippen LogP contribution < -0.4 is 46.9 Å². The SMILES string of the molecule is C=CC(=O)Nc1cccc(Nc2nc(Nc3ccc(N4CCN(CC(=O)NCCCCNC(=O)CNc5cccc6c5C(=O)N(C5CCC(=O)NC5=O)C6=O)CC4)cc3OC)ncc2C(F)(F)F)c1. The number of hydrogen-bond donors (Lipinski definition) is 7. The molecule has 69 heavy (non-hydrogen) atoms. The van der Waals surface area contributed by atoms with Crippen LogP contribution in [0.1, 0.15) is 52.0 Å². The van der Waals surface area contributed by atoms with Gasteiger partial charge in [0.25, 0.3) is 11.8 Å². The maximum Gasteiger partial charge on any atom is 0.421 e. The van der Waals surface area contributed by atoms with Gasteiger partial charge in [0.15, 0.2) is 0 Å². The molecule has 3 aliphatic rings. The Morgan fingerprint density at radius 1 is 0.884 bits per heavy atom. The summed E-state index contributed by atoms with van der Waals surface area (Å²) in [6.07, 6.45) is -1.81. The molecule has 0 radical (unpaired) electrons. The maximum atomic E-state index is 14.0. The van der Waals surface area contributed by atoms with Crippen molar-refractivity contribution >= 4 is 81.6 Å². The van der Waals surface area contributed by atoms with Crippen molar-refractivity contribution in [2.45, 2.75) is 37.9 Å². The molecule has 3 aliphatic heterocycles. The number of piperidine rings is 1. The molecule has 2 fully saturated rings. The Hall–Kier alpha value is -8.08. The minimum atomic E-state index is -4.77. The molecule has 0 bridgehead atoms. The summed E-state index contributed by atoms with van der Waals surface area (Å²) in [6, 6.07) is 14.9. The zero-order chi connectivity index (χ0) is 49.2. The van der Waals surface area contributed by atoms with Gasteiger partial charge in [0.05, 0.1) is 37.0 Å². The molecule has 23 heteroatoms. The predicted molar refractivity (Wildman–Crippen MR) is 247 cm³/mol. The number of methoxy groups -OCH3 is 1. The Bertz CT molecular complexity index is 2660. The third-order valence-electron chi connectivity index (χ3n) is 11.4. The second-order valence-corrected chi connectivity index (χ2v) is 16.1. The summed E-state index contributed by atoms with van der Waals surface area (Å²) in [5.74, 6) is -3.73. The first-order valence-corrected chi connectivity index (χ1v) is 21.9. The number of carbonyl (C=O) groups is 7. The fourth-order valence-corrected chi connectivity index (χ4v) is 7.88. The smallest absolute Gasteiger partial charge is 0.421 e. The molecule has 1 atom stereocenters. The molecule has 7 rings (SSSR count). The number of amides is 7. The van der Waals surface area contributed by atoms with Crippen LogP contribution >= 0.6 is 0 Å². The average Bonchev–Trinajstić information content (AvgIpc) is 3.58. The van der Waals surface area contributed by atoms with Gasteiger partial charge in [0.2, 0.25) is 35.5 Å². The molecular weight excluding hydrogens is 906 g/mol. The number of alkyl halides is 3. The van der Waals surface area contributed by atoms with E-state index in [1.54, 1.807) is 36.4 Å². The minimum Gasteiger partial charge on any atom is -0.494 e. The van der Waals surface area contributed by atoms with Gasteiger partial charge in [-0.15, -0.1) is 0 Å². The van der Waals surface area contributed by atoms with Crippen molar-refractivity contribution in [2.24, 2.45) is 0 Å². The number of anilines is 7. The van der Waals surface area contributed by atoms with Gasteiger partial charge in [0.1, 0.15) is 23.2 Å². The van der Waals surface area contributed by atoms with E-state index >= 15 is 0 Å². The Labute approximate surface area is 393 Å². The normalized spacial score (nSPS) is 16.0. The number of imide groups is 2. The van der Waals surface area contributed by atoms with Crippen molar-refractivity contribution in [3.05, 3.63) is 96.2 Å².